The van der Waals surface area contributed by atoms with Crippen molar-refractivity contribution in [3.05, 3.63) is 40.7 Å². The van der Waals surface area contributed by atoms with Gasteiger partial charge in [-0.25, -0.2) is 4.39 Å². The quantitative estimate of drug-likeness (QED) is 0.901. The Morgan fingerprint density at radius 2 is 2.32 bits per heavy atom. The van der Waals surface area contributed by atoms with E-state index < -0.39 is 22.8 Å². The van der Waals surface area contributed by atoms with E-state index in [-0.39, 0.29) is 11.3 Å². The third kappa shape index (κ3) is 3.78. The van der Waals surface area contributed by atoms with Gasteiger partial charge in [0.1, 0.15) is 28.7 Å². The molecule has 0 bridgehead atoms. The number of thioether (sulfide) groups is 1. The lowest BCUT2D eigenvalue weighted by molar-refractivity contribution is -0.132. The number of carbonyl (C=O) groups excluding carboxylic acids is 1. The summed E-state index contributed by atoms with van der Waals surface area (Å²) in [5, 5.41) is 9.53. The number of benzene rings is 1. The number of hydrogen-bond donors (Lipinski definition) is 1. The van der Waals surface area contributed by atoms with Crippen molar-refractivity contribution in [2.24, 2.45) is 5.73 Å². The van der Waals surface area contributed by atoms with Crippen molar-refractivity contribution in [3.63, 3.8) is 0 Å². The summed E-state index contributed by atoms with van der Waals surface area (Å²) in [6.07, 6.45) is 1.60. The molecule has 0 fully saturated rings. The first-order valence-electron chi connectivity index (χ1n) is 6.57. The van der Waals surface area contributed by atoms with Crippen molar-refractivity contribution < 1.29 is 18.7 Å². The molecule has 1 aromatic carbocycles. The van der Waals surface area contributed by atoms with Crippen LogP contribution in [0.25, 0.3) is 0 Å². The Morgan fingerprint density at radius 1 is 1.59 bits per heavy atom. The molecule has 0 spiro atoms. The highest BCUT2D eigenvalue weighted by Crippen LogP contribution is 2.44. The van der Waals surface area contributed by atoms with Crippen LogP contribution in [0.4, 0.5) is 4.39 Å². The summed E-state index contributed by atoms with van der Waals surface area (Å²) >= 11 is 1.28. The summed E-state index contributed by atoms with van der Waals surface area (Å²) < 4.78 is 24.4. The standard InChI is InChI=1S/C15H15FN2O3S/c1-9(14(18)19)21-15(2)6-5-13(22-15)20-12-4-3-11(16)7-10(12)8-17/h3-5,7,9H,6H2,1-2H3,(H2,18,19). The summed E-state index contributed by atoms with van der Waals surface area (Å²) in [6.45, 7) is 3.40. The van der Waals surface area contributed by atoms with Crippen LogP contribution < -0.4 is 10.5 Å². The minimum atomic E-state index is -0.717. The maximum absolute atomic E-state index is 13.1. The SMILES string of the molecule is CC(OC1(C)CC=C(Oc2ccc(F)cc2C#N)S1)C(N)=O. The molecule has 0 saturated heterocycles. The highest BCUT2D eigenvalue weighted by atomic mass is 32.2. The first-order valence-corrected chi connectivity index (χ1v) is 7.38. The van der Waals surface area contributed by atoms with Gasteiger partial charge in [0.15, 0.2) is 5.09 Å². The second-order valence-electron chi connectivity index (χ2n) is 4.98. The van der Waals surface area contributed by atoms with Crippen LogP contribution in [0.2, 0.25) is 0 Å². The van der Waals surface area contributed by atoms with Gasteiger partial charge in [-0.1, -0.05) is 11.8 Å². The van der Waals surface area contributed by atoms with E-state index in [4.69, 9.17) is 20.5 Å². The first-order chi connectivity index (χ1) is 10.3. The average Bonchev–Trinajstić information content (AvgIpc) is 2.81. The lowest BCUT2D eigenvalue weighted by Gasteiger charge is -2.26. The van der Waals surface area contributed by atoms with Gasteiger partial charge < -0.3 is 15.2 Å². The molecular formula is C15H15FN2O3S. The largest absolute Gasteiger partial charge is 0.449 e. The number of hydrogen-bond acceptors (Lipinski definition) is 5. The summed E-state index contributed by atoms with van der Waals surface area (Å²) in [6, 6.07) is 5.62. The van der Waals surface area contributed by atoms with Gasteiger partial charge >= 0.3 is 0 Å². The second-order valence-corrected chi connectivity index (χ2v) is 6.45. The summed E-state index contributed by atoms with van der Waals surface area (Å²) in [5.41, 5.74) is 5.30. The van der Waals surface area contributed by atoms with Crippen molar-refractivity contribution in [2.75, 3.05) is 0 Å². The predicted molar refractivity (Wildman–Crippen MR) is 80.2 cm³/mol. The molecule has 0 aliphatic carbocycles. The molecule has 1 aliphatic rings. The van der Waals surface area contributed by atoms with Gasteiger partial charge in [0.05, 0.1) is 5.56 Å². The number of rotatable bonds is 5. The van der Waals surface area contributed by atoms with E-state index in [1.165, 1.54) is 23.9 Å². The van der Waals surface area contributed by atoms with Crippen LogP contribution in [-0.2, 0) is 9.53 Å². The van der Waals surface area contributed by atoms with Crippen LogP contribution in [0.15, 0.2) is 29.4 Å². The number of ether oxygens (including phenoxy) is 2. The Kier molecular flexibility index (Phi) is 4.74. The molecule has 2 rings (SSSR count). The minimum Gasteiger partial charge on any atom is -0.449 e. The smallest absolute Gasteiger partial charge is 0.246 e. The molecule has 2 atom stereocenters. The number of primary amides is 1. The number of nitrogens with zero attached hydrogens (tertiary/aromatic N) is 1. The molecule has 7 heteroatoms. The maximum Gasteiger partial charge on any atom is 0.246 e. The number of halogens is 1. The number of nitrogens with two attached hydrogens (primary N) is 1. The molecule has 116 valence electrons. The zero-order valence-electron chi connectivity index (χ0n) is 12.1. The highest BCUT2D eigenvalue weighted by molar-refractivity contribution is 8.04. The zero-order valence-corrected chi connectivity index (χ0v) is 12.9. The van der Waals surface area contributed by atoms with E-state index in [0.717, 1.165) is 6.07 Å². The van der Waals surface area contributed by atoms with E-state index in [0.29, 0.717) is 11.5 Å². The molecule has 0 saturated carbocycles. The molecule has 0 radical (unpaired) electrons. The fourth-order valence-electron chi connectivity index (χ4n) is 1.92. The van der Waals surface area contributed by atoms with E-state index in [9.17, 15) is 9.18 Å². The minimum absolute atomic E-state index is 0.113. The summed E-state index contributed by atoms with van der Waals surface area (Å²) in [7, 11) is 0. The van der Waals surface area contributed by atoms with Crippen molar-refractivity contribution >= 4 is 17.7 Å². The molecule has 1 amide bonds. The van der Waals surface area contributed by atoms with Crippen LogP contribution in [-0.4, -0.2) is 16.9 Å². The normalized spacial score (nSPS) is 21.8. The fourth-order valence-corrected chi connectivity index (χ4v) is 3.00. The molecule has 1 heterocycles. The topological polar surface area (TPSA) is 85.3 Å². The van der Waals surface area contributed by atoms with E-state index in [1.807, 2.05) is 13.0 Å². The van der Waals surface area contributed by atoms with Crippen LogP contribution in [0.5, 0.6) is 5.75 Å². The Labute approximate surface area is 131 Å². The summed E-state index contributed by atoms with van der Waals surface area (Å²) in [5.74, 6) is -0.767. The van der Waals surface area contributed by atoms with Gasteiger partial charge in [-0.05, 0) is 38.1 Å². The molecule has 0 aromatic heterocycles. The third-order valence-corrected chi connectivity index (χ3v) is 4.20. The molecule has 22 heavy (non-hydrogen) atoms. The van der Waals surface area contributed by atoms with E-state index in [1.54, 1.807) is 13.0 Å². The van der Waals surface area contributed by atoms with Gasteiger partial charge in [-0.15, -0.1) is 0 Å². The van der Waals surface area contributed by atoms with Gasteiger partial charge in [-0.3, -0.25) is 4.79 Å². The van der Waals surface area contributed by atoms with Crippen molar-refractivity contribution in [3.8, 4) is 11.8 Å². The van der Waals surface area contributed by atoms with Crippen LogP contribution in [0, 0.1) is 17.1 Å². The summed E-state index contributed by atoms with van der Waals surface area (Å²) in [4.78, 5) is 10.4. The lowest BCUT2D eigenvalue weighted by atomic mass is 10.2. The monoisotopic (exact) mass is 322 g/mol. The Hall–Kier alpha value is -2.04. The predicted octanol–water partition coefficient (Wildman–Crippen LogP) is 2.66. The van der Waals surface area contributed by atoms with Crippen LogP contribution >= 0.6 is 11.8 Å². The van der Waals surface area contributed by atoms with E-state index in [2.05, 4.69) is 0 Å². The average molecular weight is 322 g/mol. The van der Waals surface area contributed by atoms with Gasteiger partial charge in [-0.2, -0.15) is 5.26 Å². The van der Waals surface area contributed by atoms with Gasteiger partial charge in [0, 0.05) is 6.42 Å². The van der Waals surface area contributed by atoms with Crippen molar-refractivity contribution in [2.45, 2.75) is 31.3 Å². The van der Waals surface area contributed by atoms with Crippen LogP contribution in [0.3, 0.4) is 0 Å². The molecule has 2 unspecified atom stereocenters. The fraction of sp³-hybridized carbons (Fsp3) is 0.333. The maximum atomic E-state index is 13.1. The first kappa shape index (κ1) is 16.3. The Balaban J connectivity index is 2.05. The molecule has 5 nitrogen and oxygen atoms in total. The number of nitriles is 1. The highest BCUT2D eigenvalue weighted by Gasteiger charge is 2.36. The third-order valence-electron chi connectivity index (χ3n) is 3.06. The molecular weight excluding hydrogens is 307 g/mol. The zero-order chi connectivity index (χ0) is 16.3. The lowest BCUT2D eigenvalue weighted by Crippen LogP contribution is -2.35. The second kappa shape index (κ2) is 6.38. The van der Waals surface area contributed by atoms with Crippen LogP contribution in [0.1, 0.15) is 25.8 Å². The molecule has 1 aromatic rings. The van der Waals surface area contributed by atoms with Gasteiger partial charge in [0.2, 0.25) is 5.91 Å². The number of carbonyl (C=O) groups is 1. The van der Waals surface area contributed by atoms with Crippen molar-refractivity contribution in [1.29, 1.82) is 5.26 Å². The van der Waals surface area contributed by atoms with Gasteiger partial charge in [0.25, 0.3) is 0 Å². The Bertz CT molecular complexity index is 671. The van der Waals surface area contributed by atoms with Crippen molar-refractivity contribution in [1.82, 2.24) is 0 Å². The Morgan fingerprint density at radius 3 is 2.95 bits per heavy atom. The molecule has 1 aliphatic heterocycles. The number of amides is 1. The van der Waals surface area contributed by atoms with E-state index >= 15 is 0 Å². The molecule has 2 N–H and O–H groups in total.